The van der Waals surface area contributed by atoms with E-state index in [0.29, 0.717) is 17.7 Å². The van der Waals surface area contributed by atoms with Crippen LogP contribution in [0.3, 0.4) is 0 Å². The van der Waals surface area contributed by atoms with Gasteiger partial charge in [-0.15, -0.1) is 0 Å². The molecule has 0 aliphatic carbocycles. The summed E-state index contributed by atoms with van der Waals surface area (Å²) in [6, 6.07) is 0. The molecule has 2 heterocycles. The van der Waals surface area contributed by atoms with E-state index in [9.17, 15) is 4.79 Å². The molecular formula is C10H13NO4S. The quantitative estimate of drug-likeness (QED) is 0.870. The molecule has 1 aliphatic rings. The minimum atomic E-state index is -1.02. The first-order valence-corrected chi connectivity index (χ1v) is 6.03. The van der Waals surface area contributed by atoms with Crippen LogP contribution in [0.4, 0.5) is 0 Å². The number of aromatic nitrogens is 1. The smallest absolute Gasteiger partial charge is 0.355 e. The summed E-state index contributed by atoms with van der Waals surface area (Å²) >= 11 is 1.22. The Labute approximate surface area is 97.0 Å². The van der Waals surface area contributed by atoms with Crippen LogP contribution >= 0.6 is 11.3 Å². The third kappa shape index (κ3) is 2.93. The second-order valence-electron chi connectivity index (χ2n) is 3.67. The number of carboxylic acid groups (broad SMARTS) is 1. The van der Waals surface area contributed by atoms with Gasteiger partial charge in [0.2, 0.25) is 0 Å². The number of ether oxygens (including phenoxy) is 2. The summed E-state index contributed by atoms with van der Waals surface area (Å²) in [5, 5.41) is 10.6. The lowest BCUT2D eigenvalue weighted by Gasteiger charge is -2.21. The van der Waals surface area contributed by atoms with Gasteiger partial charge in [-0.3, -0.25) is 0 Å². The lowest BCUT2D eigenvalue weighted by Crippen LogP contribution is -2.21. The van der Waals surface area contributed by atoms with Crippen LogP contribution in [0.15, 0.2) is 5.38 Å². The Bertz CT molecular complexity index is 359. The van der Waals surface area contributed by atoms with E-state index in [0.717, 1.165) is 26.1 Å². The fourth-order valence-electron chi connectivity index (χ4n) is 1.52. The average Bonchev–Trinajstić information content (AvgIpc) is 2.76. The zero-order valence-corrected chi connectivity index (χ0v) is 9.53. The number of nitrogens with zero attached hydrogens (tertiary/aromatic N) is 1. The van der Waals surface area contributed by atoms with E-state index in [4.69, 9.17) is 14.6 Å². The Kier molecular flexibility index (Phi) is 3.74. The molecule has 0 atom stereocenters. The van der Waals surface area contributed by atoms with Crippen LogP contribution in [0.1, 0.15) is 23.3 Å². The molecule has 5 nitrogen and oxygen atoms in total. The highest BCUT2D eigenvalue weighted by Gasteiger charge is 2.16. The van der Waals surface area contributed by atoms with Gasteiger partial charge in [0, 0.05) is 18.6 Å². The van der Waals surface area contributed by atoms with Crippen LogP contribution in [-0.2, 0) is 4.74 Å². The first-order valence-electron chi connectivity index (χ1n) is 5.15. The lowest BCUT2D eigenvalue weighted by molar-refractivity contribution is 0.0496. The average molecular weight is 243 g/mol. The van der Waals surface area contributed by atoms with E-state index in [1.54, 1.807) is 0 Å². The van der Waals surface area contributed by atoms with E-state index >= 15 is 0 Å². The van der Waals surface area contributed by atoms with Gasteiger partial charge >= 0.3 is 5.97 Å². The fraction of sp³-hybridized carbons (Fsp3) is 0.600. The third-order valence-electron chi connectivity index (χ3n) is 2.49. The van der Waals surface area contributed by atoms with Crippen LogP contribution in [0.25, 0.3) is 0 Å². The van der Waals surface area contributed by atoms with E-state index < -0.39 is 5.97 Å². The van der Waals surface area contributed by atoms with Crippen molar-refractivity contribution >= 4 is 17.3 Å². The second-order valence-corrected chi connectivity index (χ2v) is 4.49. The molecule has 16 heavy (non-hydrogen) atoms. The number of rotatable bonds is 4. The predicted octanol–water partition coefficient (Wildman–Crippen LogP) is 1.65. The highest BCUT2D eigenvalue weighted by Crippen LogP contribution is 2.21. The summed E-state index contributed by atoms with van der Waals surface area (Å²) in [7, 11) is 0. The summed E-state index contributed by atoms with van der Waals surface area (Å²) in [6.45, 7) is 2.16. The maximum atomic E-state index is 10.6. The summed E-state index contributed by atoms with van der Waals surface area (Å²) in [5.74, 6) is -0.525. The van der Waals surface area contributed by atoms with Gasteiger partial charge in [0.1, 0.15) is 0 Å². The van der Waals surface area contributed by atoms with Crippen LogP contribution in [0, 0.1) is 5.92 Å². The molecule has 0 spiro atoms. The third-order valence-corrected chi connectivity index (χ3v) is 3.24. The van der Waals surface area contributed by atoms with Gasteiger partial charge in [-0.2, -0.15) is 4.98 Å². The molecule has 1 saturated heterocycles. The van der Waals surface area contributed by atoms with Crippen molar-refractivity contribution < 1.29 is 19.4 Å². The molecule has 0 amide bonds. The molecule has 88 valence electrons. The molecular weight excluding hydrogens is 230 g/mol. The van der Waals surface area contributed by atoms with Gasteiger partial charge < -0.3 is 14.6 Å². The molecule has 2 rings (SSSR count). The Hall–Kier alpha value is -1.14. The van der Waals surface area contributed by atoms with Crippen LogP contribution < -0.4 is 4.74 Å². The molecule has 1 aliphatic heterocycles. The SMILES string of the molecule is O=C(O)c1csc(OCC2CCOCC2)n1. The summed E-state index contributed by atoms with van der Waals surface area (Å²) < 4.78 is 10.7. The van der Waals surface area contributed by atoms with Crippen molar-refractivity contribution in [2.45, 2.75) is 12.8 Å². The first kappa shape index (κ1) is 11.3. The number of carbonyl (C=O) groups is 1. The lowest BCUT2D eigenvalue weighted by atomic mass is 10.0. The van der Waals surface area contributed by atoms with E-state index in [1.165, 1.54) is 16.7 Å². The Morgan fingerprint density at radius 1 is 1.62 bits per heavy atom. The monoisotopic (exact) mass is 243 g/mol. The molecule has 6 heteroatoms. The highest BCUT2D eigenvalue weighted by atomic mass is 32.1. The topological polar surface area (TPSA) is 68.7 Å². The molecule has 1 aromatic heterocycles. The maximum absolute atomic E-state index is 10.6. The number of aromatic carboxylic acids is 1. The zero-order chi connectivity index (χ0) is 11.4. The number of hydrogen-bond donors (Lipinski definition) is 1. The summed E-state index contributed by atoms with van der Waals surface area (Å²) in [5.41, 5.74) is 0.0481. The normalized spacial score (nSPS) is 17.2. The van der Waals surface area contributed by atoms with Crippen LogP contribution in [0.5, 0.6) is 5.19 Å². The Morgan fingerprint density at radius 3 is 3.00 bits per heavy atom. The second kappa shape index (κ2) is 5.27. The van der Waals surface area contributed by atoms with Crippen LogP contribution in [-0.4, -0.2) is 35.9 Å². The molecule has 0 radical (unpaired) electrons. The summed E-state index contributed by atoms with van der Waals surface area (Å²) in [4.78, 5) is 14.5. The molecule has 1 fully saturated rings. The largest absolute Gasteiger partial charge is 0.476 e. The van der Waals surface area contributed by atoms with Crippen molar-refractivity contribution in [3.63, 3.8) is 0 Å². The van der Waals surface area contributed by atoms with Gasteiger partial charge in [-0.1, -0.05) is 11.3 Å². The van der Waals surface area contributed by atoms with E-state index in [-0.39, 0.29) is 5.69 Å². The van der Waals surface area contributed by atoms with Crippen molar-refractivity contribution in [3.05, 3.63) is 11.1 Å². The molecule has 0 unspecified atom stereocenters. The highest BCUT2D eigenvalue weighted by molar-refractivity contribution is 7.11. The van der Waals surface area contributed by atoms with Crippen molar-refractivity contribution in [1.82, 2.24) is 4.98 Å². The summed E-state index contributed by atoms with van der Waals surface area (Å²) in [6.07, 6.45) is 1.99. The van der Waals surface area contributed by atoms with Crippen LogP contribution in [0.2, 0.25) is 0 Å². The Morgan fingerprint density at radius 2 is 2.38 bits per heavy atom. The fourth-order valence-corrected chi connectivity index (χ4v) is 2.18. The molecule has 0 aromatic carbocycles. The number of carboxylic acids is 1. The molecule has 1 N–H and O–H groups in total. The standard InChI is InChI=1S/C10H13NO4S/c12-9(13)8-6-16-10(11-8)15-5-7-1-3-14-4-2-7/h6-7H,1-5H2,(H,12,13). The van der Waals surface area contributed by atoms with E-state index in [1.807, 2.05) is 0 Å². The van der Waals surface area contributed by atoms with Gasteiger partial charge in [-0.05, 0) is 18.8 Å². The molecule has 1 aromatic rings. The predicted molar refractivity (Wildman–Crippen MR) is 58.1 cm³/mol. The molecule has 0 saturated carbocycles. The minimum absolute atomic E-state index is 0.0481. The van der Waals surface area contributed by atoms with Crippen molar-refractivity contribution in [2.24, 2.45) is 5.92 Å². The number of thiazole rings is 1. The van der Waals surface area contributed by atoms with E-state index in [2.05, 4.69) is 4.98 Å². The Balaban J connectivity index is 1.81. The van der Waals surface area contributed by atoms with Gasteiger partial charge in [0.05, 0.1) is 6.61 Å². The molecule has 0 bridgehead atoms. The van der Waals surface area contributed by atoms with Crippen molar-refractivity contribution in [1.29, 1.82) is 0 Å². The minimum Gasteiger partial charge on any atom is -0.476 e. The number of hydrogen-bond acceptors (Lipinski definition) is 5. The maximum Gasteiger partial charge on any atom is 0.355 e. The van der Waals surface area contributed by atoms with Gasteiger partial charge in [0.25, 0.3) is 5.19 Å². The zero-order valence-electron chi connectivity index (χ0n) is 8.72. The van der Waals surface area contributed by atoms with Gasteiger partial charge in [0.15, 0.2) is 5.69 Å². The van der Waals surface area contributed by atoms with Crippen molar-refractivity contribution in [2.75, 3.05) is 19.8 Å². The van der Waals surface area contributed by atoms with Crippen molar-refractivity contribution in [3.8, 4) is 5.19 Å². The van der Waals surface area contributed by atoms with Gasteiger partial charge in [-0.25, -0.2) is 4.79 Å². The first-order chi connectivity index (χ1) is 7.75.